The van der Waals surface area contributed by atoms with Gasteiger partial charge in [0.15, 0.2) is 0 Å². The van der Waals surface area contributed by atoms with Gasteiger partial charge in [0.25, 0.3) is 0 Å². The van der Waals surface area contributed by atoms with Gasteiger partial charge in [-0.3, -0.25) is 0 Å². The molecule has 3 rings (SSSR count). The van der Waals surface area contributed by atoms with Crippen molar-refractivity contribution in [3.8, 4) is 0 Å². The van der Waals surface area contributed by atoms with Crippen molar-refractivity contribution in [1.29, 1.82) is 0 Å². The van der Waals surface area contributed by atoms with Crippen LogP contribution in [0.5, 0.6) is 0 Å². The van der Waals surface area contributed by atoms with E-state index in [1.165, 1.54) is 31.3 Å². The summed E-state index contributed by atoms with van der Waals surface area (Å²) in [5, 5.41) is 30.2. The monoisotopic (exact) mass is 460 g/mol. The molecular weight excluding hydrogens is 412 g/mol. The number of aliphatic hydroxyl groups is 3. The third kappa shape index (κ3) is 6.60. The summed E-state index contributed by atoms with van der Waals surface area (Å²) in [6, 6.07) is 0. The largest absolute Gasteiger partial charge is 0.393 e. The van der Waals surface area contributed by atoms with Gasteiger partial charge in [0.1, 0.15) is 0 Å². The summed E-state index contributed by atoms with van der Waals surface area (Å²) in [5.41, 5.74) is 2.90. The summed E-state index contributed by atoms with van der Waals surface area (Å²) in [5.74, 6) is 1.89. The van der Waals surface area contributed by atoms with E-state index in [0.29, 0.717) is 30.6 Å². The summed E-state index contributed by atoms with van der Waals surface area (Å²) in [7, 11) is 0. The van der Waals surface area contributed by atoms with Crippen LogP contribution in [0.4, 0.5) is 0 Å². The zero-order valence-electron chi connectivity index (χ0n) is 21.5. The molecule has 3 aliphatic rings. The van der Waals surface area contributed by atoms with Crippen LogP contribution < -0.4 is 0 Å². The van der Waals surface area contributed by atoms with Crippen molar-refractivity contribution in [3.63, 3.8) is 0 Å². The molecule has 0 heterocycles. The fourth-order valence-electron chi connectivity index (χ4n) is 6.86. The molecule has 0 spiro atoms. The SMILES string of the molecule is C=C1/C(=C/C=C2\CCC[C@]3(COCCCCC(C)(C)O)[C@@H](C(C)C)CC[C@@H]23)C[C@@H](O)C[C@@H]1O. The Morgan fingerprint density at radius 3 is 2.64 bits per heavy atom. The molecule has 5 atom stereocenters. The van der Waals surface area contributed by atoms with E-state index in [0.717, 1.165) is 50.0 Å². The van der Waals surface area contributed by atoms with E-state index in [-0.39, 0.29) is 5.41 Å². The number of unbranched alkanes of at least 4 members (excludes halogenated alkanes) is 1. The second-order valence-corrected chi connectivity index (χ2v) is 12.0. The number of hydrogen-bond acceptors (Lipinski definition) is 4. The lowest BCUT2D eigenvalue weighted by Crippen LogP contribution is -2.42. The Morgan fingerprint density at radius 2 is 1.94 bits per heavy atom. The molecule has 0 unspecified atom stereocenters. The van der Waals surface area contributed by atoms with Crippen LogP contribution in [0.3, 0.4) is 0 Å². The van der Waals surface area contributed by atoms with Crippen LogP contribution in [-0.4, -0.2) is 46.3 Å². The van der Waals surface area contributed by atoms with Gasteiger partial charge in [-0.15, -0.1) is 0 Å². The van der Waals surface area contributed by atoms with Crippen molar-refractivity contribution < 1.29 is 20.1 Å². The Labute approximate surface area is 201 Å². The van der Waals surface area contributed by atoms with Crippen molar-refractivity contribution in [2.75, 3.05) is 13.2 Å². The van der Waals surface area contributed by atoms with Crippen molar-refractivity contribution in [2.45, 2.75) is 110 Å². The minimum absolute atomic E-state index is 0.218. The van der Waals surface area contributed by atoms with Crippen LogP contribution in [0, 0.1) is 23.2 Å². The number of aliphatic hydroxyl groups excluding tert-OH is 2. The number of allylic oxidation sites excluding steroid dienone is 3. The molecule has 3 fully saturated rings. The molecule has 0 bridgehead atoms. The summed E-state index contributed by atoms with van der Waals surface area (Å²) in [4.78, 5) is 0. The first kappa shape index (κ1) is 26.7. The molecule has 0 aliphatic heterocycles. The quantitative estimate of drug-likeness (QED) is 0.385. The molecule has 3 aliphatic carbocycles. The van der Waals surface area contributed by atoms with Gasteiger partial charge in [0.05, 0.1) is 24.4 Å². The number of hydrogen-bond donors (Lipinski definition) is 3. The van der Waals surface area contributed by atoms with Gasteiger partial charge in [0.2, 0.25) is 0 Å². The molecule has 4 heteroatoms. The minimum atomic E-state index is -0.634. The molecule has 33 heavy (non-hydrogen) atoms. The molecule has 0 radical (unpaired) electrons. The van der Waals surface area contributed by atoms with Crippen LogP contribution in [0.1, 0.15) is 91.9 Å². The summed E-state index contributed by atoms with van der Waals surface area (Å²) in [6.45, 7) is 14.2. The first-order chi connectivity index (χ1) is 15.5. The van der Waals surface area contributed by atoms with E-state index in [4.69, 9.17) is 4.74 Å². The maximum absolute atomic E-state index is 10.2. The maximum Gasteiger partial charge on any atom is 0.0811 e. The average Bonchev–Trinajstić information content (AvgIpc) is 3.11. The van der Waals surface area contributed by atoms with E-state index < -0.39 is 17.8 Å². The van der Waals surface area contributed by atoms with Gasteiger partial charge in [-0.2, -0.15) is 0 Å². The Kier molecular flexibility index (Phi) is 9.05. The van der Waals surface area contributed by atoms with Crippen molar-refractivity contribution in [3.05, 3.63) is 35.5 Å². The molecule has 0 amide bonds. The van der Waals surface area contributed by atoms with Gasteiger partial charge in [-0.1, -0.05) is 38.2 Å². The first-order valence-electron chi connectivity index (χ1n) is 13.3. The van der Waals surface area contributed by atoms with Gasteiger partial charge in [-0.05, 0) is 101 Å². The van der Waals surface area contributed by atoms with Crippen LogP contribution in [0.2, 0.25) is 0 Å². The normalized spacial score (nSPS) is 35.6. The number of rotatable bonds is 9. The third-order valence-electron chi connectivity index (χ3n) is 8.52. The highest BCUT2D eigenvalue weighted by molar-refractivity contribution is 5.38. The standard InChI is InChI=1S/C29H48O4/c1-20(2)25-12-13-26-22(10-11-23-17-24(30)18-27(31)21(23)3)9-8-15-29(25,26)19-33-16-7-6-14-28(4,5)32/h10-11,20,24-27,30-32H,3,6-9,12-19H2,1-2,4-5H3/b22-10+,23-11+/t24-,25-,26+,27+,29+/m1/s1. The third-order valence-corrected chi connectivity index (χ3v) is 8.52. The molecule has 188 valence electrons. The van der Waals surface area contributed by atoms with Gasteiger partial charge < -0.3 is 20.1 Å². The minimum Gasteiger partial charge on any atom is -0.393 e. The predicted molar refractivity (Wildman–Crippen MR) is 135 cm³/mol. The van der Waals surface area contributed by atoms with Crippen molar-refractivity contribution in [1.82, 2.24) is 0 Å². The zero-order chi connectivity index (χ0) is 24.2. The molecule has 3 saturated carbocycles. The molecule has 3 N–H and O–H groups in total. The Morgan fingerprint density at radius 1 is 1.18 bits per heavy atom. The van der Waals surface area contributed by atoms with Crippen LogP contribution in [0.15, 0.2) is 35.5 Å². The molecule has 0 aromatic heterocycles. The van der Waals surface area contributed by atoms with Crippen molar-refractivity contribution >= 4 is 0 Å². The highest BCUT2D eigenvalue weighted by Crippen LogP contribution is 2.59. The summed E-state index contributed by atoms with van der Waals surface area (Å²) >= 11 is 0. The Hall–Kier alpha value is -0.940. The lowest BCUT2D eigenvalue weighted by Gasteiger charge is -2.46. The average molecular weight is 461 g/mol. The smallest absolute Gasteiger partial charge is 0.0811 e. The highest BCUT2D eigenvalue weighted by Gasteiger charge is 2.53. The van der Waals surface area contributed by atoms with E-state index in [1.807, 2.05) is 13.8 Å². The predicted octanol–water partition coefficient (Wildman–Crippen LogP) is 5.72. The first-order valence-corrected chi connectivity index (χ1v) is 13.3. The van der Waals surface area contributed by atoms with E-state index in [9.17, 15) is 15.3 Å². The molecule has 0 aromatic rings. The lowest BCUT2D eigenvalue weighted by molar-refractivity contribution is -0.0297. The summed E-state index contributed by atoms with van der Waals surface area (Å²) < 4.78 is 6.36. The fraction of sp³-hybridized carbons (Fsp3) is 0.793. The van der Waals surface area contributed by atoms with E-state index in [1.54, 1.807) is 0 Å². The highest BCUT2D eigenvalue weighted by atomic mass is 16.5. The lowest BCUT2D eigenvalue weighted by atomic mass is 9.60. The second-order valence-electron chi connectivity index (χ2n) is 12.0. The van der Waals surface area contributed by atoms with Crippen LogP contribution in [-0.2, 0) is 4.74 Å². The molecule has 0 saturated heterocycles. The van der Waals surface area contributed by atoms with Crippen molar-refractivity contribution in [2.24, 2.45) is 23.2 Å². The Balaban J connectivity index is 1.71. The summed E-state index contributed by atoms with van der Waals surface area (Å²) in [6.07, 6.45) is 13.1. The van der Waals surface area contributed by atoms with Crippen LogP contribution in [0.25, 0.3) is 0 Å². The molecular formula is C29H48O4. The van der Waals surface area contributed by atoms with Gasteiger partial charge >= 0.3 is 0 Å². The van der Waals surface area contributed by atoms with Crippen LogP contribution >= 0.6 is 0 Å². The Bertz CT molecular complexity index is 728. The fourth-order valence-corrected chi connectivity index (χ4v) is 6.86. The number of ether oxygens (including phenoxy) is 1. The maximum atomic E-state index is 10.2. The van der Waals surface area contributed by atoms with Gasteiger partial charge in [0, 0.05) is 18.4 Å². The van der Waals surface area contributed by atoms with E-state index >= 15 is 0 Å². The van der Waals surface area contributed by atoms with E-state index in [2.05, 4.69) is 32.6 Å². The second kappa shape index (κ2) is 11.2. The topological polar surface area (TPSA) is 69.9 Å². The zero-order valence-corrected chi connectivity index (χ0v) is 21.5. The number of fused-ring (bicyclic) bond motifs is 1. The van der Waals surface area contributed by atoms with Gasteiger partial charge in [-0.25, -0.2) is 0 Å². The molecule has 4 nitrogen and oxygen atoms in total. The molecule has 0 aromatic carbocycles.